The van der Waals surface area contributed by atoms with Gasteiger partial charge >= 0.3 is 5.97 Å². The van der Waals surface area contributed by atoms with Gasteiger partial charge in [0.25, 0.3) is 0 Å². The first-order valence-corrected chi connectivity index (χ1v) is 9.35. The standard InChI is InChI=1S/C16H23NO6S/c1-11(2)9-24(21,22)10-15(18)17-12(3)13-4-6-14(7-5-13)23-8-16(19)20/h4-7,11-12H,8-10H2,1-3H3,(H,17,18)(H,19,20). The van der Waals surface area contributed by atoms with E-state index in [-0.39, 0.29) is 17.7 Å². The van der Waals surface area contributed by atoms with Crippen LogP contribution in [0.2, 0.25) is 0 Å². The van der Waals surface area contributed by atoms with Crippen LogP contribution in [-0.4, -0.2) is 43.5 Å². The molecule has 0 aliphatic heterocycles. The lowest BCUT2D eigenvalue weighted by Crippen LogP contribution is -2.33. The number of sulfone groups is 1. The second kappa shape index (κ2) is 8.68. The van der Waals surface area contributed by atoms with Gasteiger partial charge in [-0.15, -0.1) is 0 Å². The molecular formula is C16H23NO6S. The summed E-state index contributed by atoms with van der Waals surface area (Å²) in [4.78, 5) is 22.3. The number of ether oxygens (including phenoxy) is 1. The Hall–Kier alpha value is -2.09. The maximum absolute atomic E-state index is 11.9. The van der Waals surface area contributed by atoms with Crippen LogP contribution in [0.25, 0.3) is 0 Å². The Kier molecular flexibility index (Phi) is 7.21. The molecule has 0 aromatic heterocycles. The minimum atomic E-state index is -3.42. The fraction of sp³-hybridized carbons (Fsp3) is 0.500. The van der Waals surface area contributed by atoms with Crippen molar-refractivity contribution in [1.29, 1.82) is 0 Å². The number of benzene rings is 1. The average molecular weight is 357 g/mol. The van der Waals surface area contributed by atoms with Gasteiger partial charge in [-0.2, -0.15) is 0 Å². The van der Waals surface area contributed by atoms with Crippen LogP contribution < -0.4 is 10.1 Å². The first kappa shape index (κ1) is 20.0. The number of nitrogens with one attached hydrogen (secondary N) is 1. The maximum atomic E-state index is 11.9. The monoisotopic (exact) mass is 357 g/mol. The molecule has 1 atom stereocenters. The fourth-order valence-electron chi connectivity index (χ4n) is 2.13. The SMILES string of the molecule is CC(C)CS(=O)(=O)CC(=O)NC(C)c1ccc(OCC(=O)O)cc1. The Labute approximate surface area is 141 Å². The summed E-state index contributed by atoms with van der Waals surface area (Å²) >= 11 is 0. The van der Waals surface area contributed by atoms with Crippen molar-refractivity contribution < 1.29 is 27.9 Å². The number of carboxylic acid groups (broad SMARTS) is 1. The van der Waals surface area contributed by atoms with E-state index in [0.29, 0.717) is 5.75 Å². The van der Waals surface area contributed by atoms with E-state index in [9.17, 15) is 18.0 Å². The highest BCUT2D eigenvalue weighted by Gasteiger charge is 2.19. The highest BCUT2D eigenvalue weighted by molar-refractivity contribution is 7.92. The van der Waals surface area contributed by atoms with Crippen LogP contribution >= 0.6 is 0 Å². The molecule has 1 aromatic rings. The van der Waals surface area contributed by atoms with Gasteiger partial charge in [-0.05, 0) is 30.5 Å². The molecule has 0 radical (unpaired) electrons. The van der Waals surface area contributed by atoms with E-state index < -0.39 is 34.1 Å². The van der Waals surface area contributed by atoms with Crippen molar-refractivity contribution in [3.63, 3.8) is 0 Å². The summed E-state index contributed by atoms with van der Waals surface area (Å²) in [6.45, 7) is 4.87. The summed E-state index contributed by atoms with van der Waals surface area (Å²) in [5, 5.41) is 11.2. The number of carboxylic acids is 1. The van der Waals surface area contributed by atoms with Crippen LogP contribution in [0.15, 0.2) is 24.3 Å². The fourth-order valence-corrected chi connectivity index (χ4v) is 3.75. The highest BCUT2D eigenvalue weighted by Crippen LogP contribution is 2.17. The topological polar surface area (TPSA) is 110 Å². The summed E-state index contributed by atoms with van der Waals surface area (Å²) in [7, 11) is -3.42. The number of hydrogen-bond acceptors (Lipinski definition) is 5. The molecule has 0 aliphatic rings. The van der Waals surface area contributed by atoms with Crippen LogP contribution in [0.3, 0.4) is 0 Å². The molecular weight excluding hydrogens is 334 g/mol. The van der Waals surface area contributed by atoms with Gasteiger partial charge in [0.1, 0.15) is 11.5 Å². The van der Waals surface area contributed by atoms with Gasteiger partial charge in [0.15, 0.2) is 16.4 Å². The minimum absolute atomic E-state index is 0.0234. The lowest BCUT2D eigenvalue weighted by Gasteiger charge is -2.15. The van der Waals surface area contributed by atoms with E-state index in [1.807, 2.05) is 0 Å². The van der Waals surface area contributed by atoms with E-state index in [1.54, 1.807) is 45.0 Å². The Morgan fingerprint density at radius 3 is 2.25 bits per heavy atom. The molecule has 1 aromatic carbocycles. The van der Waals surface area contributed by atoms with Crippen LogP contribution in [0.1, 0.15) is 32.4 Å². The van der Waals surface area contributed by atoms with Crippen molar-refractivity contribution in [3.05, 3.63) is 29.8 Å². The van der Waals surface area contributed by atoms with Gasteiger partial charge in [0, 0.05) is 0 Å². The van der Waals surface area contributed by atoms with Crippen molar-refractivity contribution in [3.8, 4) is 5.75 Å². The number of carbonyl (C=O) groups excluding carboxylic acids is 1. The summed E-state index contributed by atoms with van der Waals surface area (Å²) in [6.07, 6.45) is 0. The molecule has 0 saturated heterocycles. The molecule has 0 spiro atoms. The maximum Gasteiger partial charge on any atom is 0.341 e. The van der Waals surface area contributed by atoms with E-state index in [1.165, 1.54) is 0 Å². The second-order valence-electron chi connectivity index (χ2n) is 5.99. The van der Waals surface area contributed by atoms with Gasteiger partial charge < -0.3 is 15.2 Å². The Morgan fingerprint density at radius 2 is 1.75 bits per heavy atom. The third kappa shape index (κ3) is 7.45. The van der Waals surface area contributed by atoms with Crippen LogP contribution in [0.5, 0.6) is 5.75 Å². The van der Waals surface area contributed by atoms with Crippen molar-refractivity contribution in [2.24, 2.45) is 5.92 Å². The Balaban J connectivity index is 2.59. The molecule has 0 fully saturated rings. The third-order valence-corrected chi connectivity index (χ3v) is 4.93. The molecule has 1 rings (SSSR count). The third-order valence-electron chi connectivity index (χ3n) is 3.06. The zero-order chi connectivity index (χ0) is 18.3. The summed E-state index contributed by atoms with van der Waals surface area (Å²) in [6, 6.07) is 6.18. The zero-order valence-electron chi connectivity index (χ0n) is 14.0. The van der Waals surface area contributed by atoms with Gasteiger partial charge in [-0.25, -0.2) is 13.2 Å². The van der Waals surface area contributed by atoms with Crippen molar-refractivity contribution in [1.82, 2.24) is 5.32 Å². The van der Waals surface area contributed by atoms with Crippen molar-refractivity contribution in [2.75, 3.05) is 18.1 Å². The first-order chi connectivity index (χ1) is 11.1. The number of rotatable bonds is 9. The van der Waals surface area contributed by atoms with Gasteiger partial charge in [0.2, 0.25) is 5.91 Å². The van der Waals surface area contributed by atoms with Crippen LogP contribution in [0, 0.1) is 5.92 Å². The Morgan fingerprint density at radius 1 is 1.17 bits per heavy atom. The predicted molar refractivity (Wildman–Crippen MR) is 89.6 cm³/mol. The quantitative estimate of drug-likeness (QED) is 0.691. The minimum Gasteiger partial charge on any atom is -0.482 e. The highest BCUT2D eigenvalue weighted by atomic mass is 32.2. The van der Waals surface area contributed by atoms with E-state index in [2.05, 4.69) is 5.32 Å². The molecule has 0 saturated carbocycles. The number of amides is 1. The first-order valence-electron chi connectivity index (χ1n) is 7.53. The van der Waals surface area contributed by atoms with Gasteiger partial charge in [-0.3, -0.25) is 4.79 Å². The summed E-state index contributed by atoms with van der Waals surface area (Å²) in [5.74, 6) is -1.80. The van der Waals surface area contributed by atoms with Gasteiger partial charge in [0.05, 0.1) is 11.8 Å². The molecule has 7 nitrogen and oxygen atoms in total. The molecule has 0 aliphatic carbocycles. The zero-order valence-corrected chi connectivity index (χ0v) is 14.8. The van der Waals surface area contributed by atoms with E-state index >= 15 is 0 Å². The second-order valence-corrected chi connectivity index (χ2v) is 8.10. The van der Waals surface area contributed by atoms with Crippen LogP contribution in [0.4, 0.5) is 0 Å². The smallest absolute Gasteiger partial charge is 0.341 e. The van der Waals surface area contributed by atoms with E-state index in [4.69, 9.17) is 9.84 Å². The Bertz CT molecular complexity index is 666. The van der Waals surface area contributed by atoms with Crippen LogP contribution in [-0.2, 0) is 19.4 Å². The molecule has 8 heteroatoms. The lowest BCUT2D eigenvalue weighted by molar-refractivity contribution is -0.139. The molecule has 0 heterocycles. The van der Waals surface area contributed by atoms with Crippen molar-refractivity contribution in [2.45, 2.75) is 26.8 Å². The molecule has 134 valence electrons. The molecule has 1 unspecified atom stereocenters. The number of aliphatic carboxylic acids is 1. The predicted octanol–water partition coefficient (Wildman–Crippen LogP) is 1.40. The normalized spacial score (nSPS) is 12.7. The molecule has 2 N–H and O–H groups in total. The van der Waals surface area contributed by atoms with Crippen molar-refractivity contribution >= 4 is 21.7 Å². The lowest BCUT2D eigenvalue weighted by atomic mass is 10.1. The summed E-state index contributed by atoms with van der Waals surface area (Å²) in [5.41, 5.74) is 0.757. The molecule has 0 bridgehead atoms. The number of hydrogen-bond donors (Lipinski definition) is 2. The van der Waals surface area contributed by atoms with Gasteiger partial charge in [-0.1, -0.05) is 26.0 Å². The average Bonchev–Trinajstić information content (AvgIpc) is 2.43. The summed E-state index contributed by atoms with van der Waals surface area (Å²) < 4.78 is 28.7. The molecule has 1 amide bonds. The number of carbonyl (C=O) groups is 2. The molecule has 24 heavy (non-hydrogen) atoms. The largest absolute Gasteiger partial charge is 0.482 e. The van der Waals surface area contributed by atoms with E-state index in [0.717, 1.165) is 5.56 Å².